The first-order chi connectivity index (χ1) is 10.2. The van der Waals surface area contributed by atoms with Crippen LogP contribution in [0.5, 0.6) is 5.75 Å². The van der Waals surface area contributed by atoms with Gasteiger partial charge in [0.05, 0.1) is 22.6 Å². The van der Waals surface area contributed by atoms with E-state index in [1.807, 2.05) is 0 Å². The van der Waals surface area contributed by atoms with E-state index in [9.17, 15) is 23.1 Å². The highest BCUT2D eigenvalue weighted by molar-refractivity contribution is 9.10. The van der Waals surface area contributed by atoms with Crippen molar-refractivity contribution >= 4 is 21.9 Å². The molecule has 0 spiro atoms. The summed E-state index contributed by atoms with van der Waals surface area (Å²) >= 11 is 3.07. The van der Waals surface area contributed by atoms with Gasteiger partial charge >= 0.3 is 12.1 Å². The fourth-order valence-corrected chi connectivity index (χ4v) is 3.69. The SMILES string of the molecule is COc1c(Br)cc(C2(C(=O)O)CCCCC2)cc1C(F)(F)F. The van der Waals surface area contributed by atoms with Gasteiger partial charge < -0.3 is 9.84 Å². The zero-order valence-electron chi connectivity index (χ0n) is 12.0. The van der Waals surface area contributed by atoms with Crippen LogP contribution in [0.4, 0.5) is 13.2 Å². The number of halogens is 4. The van der Waals surface area contributed by atoms with Gasteiger partial charge in [-0.2, -0.15) is 13.2 Å². The first-order valence-electron chi connectivity index (χ1n) is 6.91. The lowest BCUT2D eigenvalue weighted by molar-refractivity contribution is -0.146. The second-order valence-electron chi connectivity index (χ2n) is 5.48. The molecule has 1 fully saturated rings. The van der Waals surface area contributed by atoms with Crippen LogP contribution < -0.4 is 4.74 Å². The molecule has 0 heterocycles. The van der Waals surface area contributed by atoms with Crippen LogP contribution in [0.15, 0.2) is 16.6 Å². The molecule has 2 rings (SSSR count). The lowest BCUT2D eigenvalue weighted by Crippen LogP contribution is -2.38. The van der Waals surface area contributed by atoms with Gasteiger partial charge in [0, 0.05) is 0 Å². The summed E-state index contributed by atoms with van der Waals surface area (Å²) in [6.45, 7) is 0. The minimum absolute atomic E-state index is 0.117. The highest BCUT2D eigenvalue weighted by Crippen LogP contribution is 2.46. The van der Waals surface area contributed by atoms with Crippen LogP contribution in [0.25, 0.3) is 0 Å². The largest absolute Gasteiger partial charge is 0.495 e. The second kappa shape index (κ2) is 6.10. The summed E-state index contributed by atoms with van der Waals surface area (Å²) in [4.78, 5) is 11.8. The predicted octanol–water partition coefficient (Wildman–Crippen LogP) is 4.76. The predicted molar refractivity (Wildman–Crippen MR) is 78.1 cm³/mol. The molecule has 122 valence electrons. The first kappa shape index (κ1) is 17.1. The highest BCUT2D eigenvalue weighted by atomic mass is 79.9. The summed E-state index contributed by atoms with van der Waals surface area (Å²) < 4.78 is 44.7. The van der Waals surface area contributed by atoms with Crippen LogP contribution in [-0.4, -0.2) is 18.2 Å². The third-order valence-electron chi connectivity index (χ3n) is 4.22. The average Bonchev–Trinajstić information content (AvgIpc) is 2.46. The van der Waals surface area contributed by atoms with Crippen LogP contribution in [0.3, 0.4) is 0 Å². The third-order valence-corrected chi connectivity index (χ3v) is 4.81. The summed E-state index contributed by atoms with van der Waals surface area (Å²) in [5.41, 5.74) is -2.03. The Bertz CT molecular complexity index is 578. The molecule has 1 saturated carbocycles. The molecule has 0 saturated heterocycles. The van der Waals surface area contributed by atoms with E-state index in [0.29, 0.717) is 25.7 Å². The van der Waals surface area contributed by atoms with Crippen LogP contribution in [0, 0.1) is 0 Å². The molecule has 1 aromatic rings. The van der Waals surface area contributed by atoms with Crippen LogP contribution in [0.2, 0.25) is 0 Å². The lowest BCUT2D eigenvalue weighted by Gasteiger charge is -2.34. The number of rotatable bonds is 3. The number of carbonyl (C=O) groups is 1. The third kappa shape index (κ3) is 2.95. The Hall–Kier alpha value is -1.24. The van der Waals surface area contributed by atoms with Crippen LogP contribution >= 0.6 is 15.9 Å². The standard InChI is InChI=1S/C15H16BrF3O3/c1-22-12-10(15(17,18)19)7-9(8-11(12)16)14(13(20)21)5-3-2-4-6-14/h7-8H,2-6H2,1H3,(H,20,21). The van der Waals surface area contributed by atoms with Gasteiger partial charge in [-0.15, -0.1) is 0 Å². The van der Waals surface area contributed by atoms with E-state index in [4.69, 9.17) is 4.74 Å². The number of aliphatic carboxylic acids is 1. The number of carboxylic acids is 1. The molecule has 0 amide bonds. The molecule has 0 unspecified atom stereocenters. The number of alkyl halides is 3. The van der Waals surface area contributed by atoms with Crippen molar-refractivity contribution in [1.29, 1.82) is 0 Å². The molecule has 0 radical (unpaired) electrons. The zero-order valence-corrected chi connectivity index (χ0v) is 13.6. The van der Waals surface area contributed by atoms with E-state index in [0.717, 1.165) is 19.6 Å². The van der Waals surface area contributed by atoms with E-state index in [1.54, 1.807) is 0 Å². The van der Waals surface area contributed by atoms with Crippen molar-refractivity contribution in [1.82, 2.24) is 0 Å². The van der Waals surface area contributed by atoms with E-state index < -0.39 is 23.1 Å². The topological polar surface area (TPSA) is 46.5 Å². The van der Waals surface area contributed by atoms with Crippen molar-refractivity contribution in [3.63, 3.8) is 0 Å². The van der Waals surface area contributed by atoms with Crippen molar-refractivity contribution in [3.8, 4) is 5.75 Å². The Balaban J connectivity index is 2.65. The molecule has 3 nitrogen and oxygen atoms in total. The molecule has 1 aliphatic rings. The maximum atomic E-state index is 13.2. The van der Waals surface area contributed by atoms with Crippen molar-refractivity contribution in [3.05, 3.63) is 27.7 Å². The molecule has 0 aliphatic heterocycles. The molecule has 0 atom stereocenters. The van der Waals surface area contributed by atoms with Gasteiger partial charge in [0.15, 0.2) is 0 Å². The molecular formula is C15H16BrF3O3. The fourth-order valence-electron chi connectivity index (χ4n) is 3.07. The molecule has 1 aromatic carbocycles. The molecule has 1 N–H and O–H groups in total. The van der Waals surface area contributed by atoms with E-state index in [1.165, 1.54) is 6.07 Å². The smallest absolute Gasteiger partial charge is 0.420 e. The number of benzene rings is 1. The second-order valence-corrected chi connectivity index (χ2v) is 6.34. The Labute approximate surface area is 134 Å². The minimum Gasteiger partial charge on any atom is -0.495 e. The van der Waals surface area contributed by atoms with Crippen LogP contribution in [0.1, 0.15) is 43.2 Å². The highest BCUT2D eigenvalue weighted by Gasteiger charge is 2.44. The van der Waals surface area contributed by atoms with Gasteiger partial charge in [-0.05, 0) is 46.5 Å². The van der Waals surface area contributed by atoms with E-state index in [-0.39, 0.29) is 15.8 Å². The summed E-state index contributed by atoms with van der Waals surface area (Å²) in [7, 11) is 1.16. The van der Waals surface area contributed by atoms with Crippen molar-refractivity contribution in [2.24, 2.45) is 0 Å². The Morgan fingerprint density at radius 3 is 2.32 bits per heavy atom. The normalized spacial score (nSPS) is 18.0. The van der Waals surface area contributed by atoms with E-state index >= 15 is 0 Å². The van der Waals surface area contributed by atoms with Crippen molar-refractivity contribution < 1.29 is 27.8 Å². The zero-order chi connectivity index (χ0) is 16.5. The van der Waals surface area contributed by atoms with E-state index in [2.05, 4.69) is 15.9 Å². The van der Waals surface area contributed by atoms with Crippen molar-refractivity contribution in [2.75, 3.05) is 7.11 Å². The number of hydrogen-bond donors (Lipinski definition) is 1. The maximum Gasteiger partial charge on any atom is 0.420 e. The summed E-state index contributed by atoms with van der Waals surface area (Å²) in [5, 5.41) is 9.63. The first-order valence-corrected chi connectivity index (χ1v) is 7.70. The Morgan fingerprint density at radius 2 is 1.86 bits per heavy atom. The minimum atomic E-state index is -4.61. The number of methoxy groups -OCH3 is 1. The molecule has 0 bridgehead atoms. The number of hydrogen-bond acceptors (Lipinski definition) is 2. The van der Waals surface area contributed by atoms with Crippen LogP contribution in [-0.2, 0) is 16.4 Å². The average molecular weight is 381 g/mol. The summed E-state index contributed by atoms with van der Waals surface area (Å²) in [5.74, 6) is -1.40. The van der Waals surface area contributed by atoms with Gasteiger partial charge in [0.1, 0.15) is 5.75 Å². The Morgan fingerprint density at radius 1 is 1.27 bits per heavy atom. The number of ether oxygens (including phenoxy) is 1. The fraction of sp³-hybridized carbons (Fsp3) is 0.533. The molecule has 7 heteroatoms. The summed E-state index contributed by atoms with van der Waals surface area (Å²) in [6, 6.07) is 2.36. The molecule has 1 aliphatic carbocycles. The van der Waals surface area contributed by atoms with Crippen molar-refractivity contribution in [2.45, 2.75) is 43.7 Å². The number of carboxylic acid groups (broad SMARTS) is 1. The summed E-state index contributed by atoms with van der Waals surface area (Å²) in [6.07, 6.45) is -1.64. The van der Waals surface area contributed by atoms with Gasteiger partial charge in [-0.25, -0.2) is 0 Å². The maximum absolute atomic E-state index is 13.2. The molecule has 22 heavy (non-hydrogen) atoms. The van der Waals surface area contributed by atoms with Gasteiger partial charge in [-0.1, -0.05) is 19.3 Å². The monoisotopic (exact) mass is 380 g/mol. The van der Waals surface area contributed by atoms with Gasteiger partial charge in [0.2, 0.25) is 0 Å². The van der Waals surface area contributed by atoms with Gasteiger partial charge in [-0.3, -0.25) is 4.79 Å². The molecule has 0 aromatic heterocycles. The lowest BCUT2D eigenvalue weighted by atomic mass is 9.69. The molecular weight excluding hydrogens is 365 g/mol. The Kier molecular flexibility index (Phi) is 4.75. The van der Waals surface area contributed by atoms with Gasteiger partial charge in [0.25, 0.3) is 0 Å². The quantitative estimate of drug-likeness (QED) is 0.821.